The molecule has 2 rings (SSSR count). The van der Waals surface area contributed by atoms with Gasteiger partial charge in [0.25, 0.3) is 5.91 Å². The summed E-state index contributed by atoms with van der Waals surface area (Å²) in [4.78, 5) is 13.5. The SMILES string of the molecule is Cc1ccc(OC2CCN(C)C2=O)c([C@H](C)N)c1. The number of likely N-dealkylation sites (N-methyl/N-ethyl adjacent to an activating group) is 1. The summed E-state index contributed by atoms with van der Waals surface area (Å²) >= 11 is 0. The van der Waals surface area contributed by atoms with E-state index in [9.17, 15) is 4.79 Å². The molecule has 2 atom stereocenters. The molecule has 1 aromatic rings. The Hall–Kier alpha value is -1.55. The first-order valence-electron chi connectivity index (χ1n) is 6.27. The van der Waals surface area contributed by atoms with Gasteiger partial charge in [-0.1, -0.05) is 17.7 Å². The zero-order valence-electron chi connectivity index (χ0n) is 11.1. The van der Waals surface area contributed by atoms with Gasteiger partial charge in [0.2, 0.25) is 0 Å². The van der Waals surface area contributed by atoms with Crippen LogP contribution in [0.2, 0.25) is 0 Å². The van der Waals surface area contributed by atoms with Gasteiger partial charge in [0.05, 0.1) is 0 Å². The molecule has 2 N–H and O–H groups in total. The largest absolute Gasteiger partial charge is 0.480 e. The summed E-state index contributed by atoms with van der Waals surface area (Å²) in [5, 5.41) is 0. The molecule has 1 fully saturated rings. The van der Waals surface area contributed by atoms with Crippen molar-refractivity contribution in [2.24, 2.45) is 5.73 Å². The Morgan fingerprint density at radius 1 is 1.50 bits per heavy atom. The Balaban J connectivity index is 2.21. The molecule has 18 heavy (non-hydrogen) atoms. The van der Waals surface area contributed by atoms with Crippen LogP contribution in [-0.4, -0.2) is 30.5 Å². The van der Waals surface area contributed by atoms with Crippen LogP contribution >= 0.6 is 0 Å². The van der Waals surface area contributed by atoms with Crippen molar-refractivity contribution < 1.29 is 9.53 Å². The molecule has 0 radical (unpaired) electrons. The Morgan fingerprint density at radius 2 is 2.22 bits per heavy atom. The van der Waals surface area contributed by atoms with E-state index in [0.717, 1.165) is 29.8 Å². The highest BCUT2D eigenvalue weighted by Crippen LogP contribution is 2.27. The molecule has 1 unspecified atom stereocenters. The van der Waals surface area contributed by atoms with Crippen molar-refractivity contribution in [1.82, 2.24) is 4.90 Å². The van der Waals surface area contributed by atoms with E-state index >= 15 is 0 Å². The third-order valence-corrected chi connectivity index (χ3v) is 3.30. The summed E-state index contributed by atoms with van der Waals surface area (Å²) in [6.07, 6.45) is 0.372. The topological polar surface area (TPSA) is 55.6 Å². The number of carbonyl (C=O) groups is 1. The maximum atomic E-state index is 11.8. The minimum atomic E-state index is -0.366. The van der Waals surface area contributed by atoms with Gasteiger partial charge in [-0.15, -0.1) is 0 Å². The molecule has 1 heterocycles. The van der Waals surface area contributed by atoms with E-state index in [1.165, 1.54) is 0 Å². The Labute approximate surface area is 108 Å². The smallest absolute Gasteiger partial charge is 0.263 e. The third kappa shape index (κ3) is 2.48. The average Bonchev–Trinajstić information content (AvgIpc) is 2.63. The Kier molecular flexibility index (Phi) is 3.57. The van der Waals surface area contributed by atoms with E-state index in [4.69, 9.17) is 10.5 Å². The fourth-order valence-electron chi connectivity index (χ4n) is 2.18. The van der Waals surface area contributed by atoms with E-state index in [2.05, 4.69) is 0 Å². The monoisotopic (exact) mass is 248 g/mol. The standard InChI is InChI=1S/C14H20N2O2/c1-9-4-5-12(11(8-9)10(2)15)18-13-6-7-16(3)14(13)17/h4-5,8,10,13H,6-7,15H2,1-3H3/t10-,13?/m0/s1. The van der Waals surface area contributed by atoms with Crippen molar-refractivity contribution in [3.8, 4) is 5.75 Å². The van der Waals surface area contributed by atoms with Gasteiger partial charge in [-0.3, -0.25) is 4.79 Å². The first-order valence-corrected chi connectivity index (χ1v) is 6.27. The summed E-state index contributed by atoms with van der Waals surface area (Å²) < 4.78 is 5.83. The van der Waals surface area contributed by atoms with E-state index in [1.54, 1.807) is 11.9 Å². The molecule has 1 aliphatic heterocycles. The maximum Gasteiger partial charge on any atom is 0.263 e. The first-order chi connectivity index (χ1) is 8.49. The van der Waals surface area contributed by atoms with Crippen LogP contribution in [0.4, 0.5) is 0 Å². The second kappa shape index (κ2) is 4.98. The lowest BCUT2D eigenvalue weighted by Gasteiger charge is -2.18. The third-order valence-electron chi connectivity index (χ3n) is 3.30. The van der Waals surface area contributed by atoms with Gasteiger partial charge in [-0.2, -0.15) is 0 Å². The number of rotatable bonds is 3. The fourth-order valence-corrected chi connectivity index (χ4v) is 2.18. The quantitative estimate of drug-likeness (QED) is 0.884. The second-order valence-corrected chi connectivity index (χ2v) is 4.98. The van der Waals surface area contributed by atoms with Gasteiger partial charge < -0.3 is 15.4 Å². The normalized spacial score (nSPS) is 21.2. The van der Waals surface area contributed by atoms with E-state index in [1.807, 2.05) is 32.0 Å². The van der Waals surface area contributed by atoms with Crippen molar-refractivity contribution >= 4 is 5.91 Å². The van der Waals surface area contributed by atoms with Gasteiger partial charge in [0.15, 0.2) is 6.10 Å². The van der Waals surface area contributed by atoms with Crippen molar-refractivity contribution in [3.63, 3.8) is 0 Å². The summed E-state index contributed by atoms with van der Waals surface area (Å²) in [6, 6.07) is 5.79. The Morgan fingerprint density at radius 3 is 2.78 bits per heavy atom. The molecule has 0 aromatic heterocycles. The molecule has 0 aliphatic carbocycles. The van der Waals surface area contributed by atoms with Gasteiger partial charge >= 0.3 is 0 Å². The van der Waals surface area contributed by atoms with Gasteiger partial charge in [0, 0.05) is 31.6 Å². The molecule has 0 saturated carbocycles. The van der Waals surface area contributed by atoms with Crippen LogP contribution < -0.4 is 10.5 Å². The zero-order chi connectivity index (χ0) is 13.3. The van der Waals surface area contributed by atoms with E-state index in [-0.39, 0.29) is 18.1 Å². The number of hydrogen-bond donors (Lipinski definition) is 1. The lowest BCUT2D eigenvalue weighted by molar-refractivity contribution is -0.132. The fraction of sp³-hybridized carbons (Fsp3) is 0.500. The molecule has 4 heteroatoms. The highest BCUT2D eigenvalue weighted by molar-refractivity contribution is 5.83. The van der Waals surface area contributed by atoms with Crippen molar-refractivity contribution in [2.75, 3.05) is 13.6 Å². The lowest BCUT2D eigenvalue weighted by Crippen LogP contribution is -2.29. The number of ether oxygens (including phenoxy) is 1. The second-order valence-electron chi connectivity index (χ2n) is 4.98. The number of hydrogen-bond acceptors (Lipinski definition) is 3. The maximum absolute atomic E-state index is 11.8. The predicted octanol–water partition coefficient (Wildman–Crippen LogP) is 1.62. The van der Waals surface area contributed by atoms with E-state index < -0.39 is 0 Å². The molecule has 1 amide bonds. The number of benzene rings is 1. The minimum absolute atomic E-state index is 0.0474. The van der Waals surface area contributed by atoms with Crippen molar-refractivity contribution in [1.29, 1.82) is 0 Å². The first kappa shape index (κ1) is 12.9. The highest BCUT2D eigenvalue weighted by atomic mass is 16.5. The molecule has 1 aromatic carbocycles. The number of likely N-dealkylation sites (tertiary alicyclic amines) is 1. The highest BCUT2D eigenvalue weighted by Gasteiger charge is 2.31. The summed E-state index contributed by atoms with van der Waals surface area (Å²) in [5.74, 6) is 0.774. The zero-order valence-corrected chi connectivity index (χ0v) is 11.1. The summed E-state index contributed by atoms with van der Waals surface area (Å²) in [6.45, 7) is 4.69. The van der Waals surface area contributed by atoms with Crippen LogP contribution in [0.5, 0.6) is 5.75 Å². The van der Waals surface area contributed by atoms with Crippen molar-refractivity contribution in [3.05, 3.63) is 29.3 Å². The van der Waals surface area contributed by atoms with E-state index in [0.29, 0.717) is 0 Å². The molecule has 0 bridgehead atoms. The number of amides is 1. The molecular formula is C14H20N2O2. The van der Waals surface area contributed by atoms with Crippen LogP contribution in [0.1, 0.15) is 30.5 Å². The summed E-state index contributed by atoms with van der Waals surface area (Å²) in [7, 11) is 1.80. The lowest BCUT2D eigenvalue weighted by atomic mass is 10.0. The molecule has 4 nitrogen and oxygen atoms in total. The van der Waals surface area contributed by atoms with Crippen LogP contribution in [0, 0.1) is 6.92 Å². The van der Waals surface area contributed by atoms with Gasteiger partial charge in [-0.25, -0.2) is 0 Å². The van der Waals surface area contributed by atoms with Crippen LogP contribution in [-0.2, 0) is 4.79 Å². The van der Waals surface area contributed by atoms with Gasteiger partial charge in [0.1, 0.15) is 5.75 Å². The van der Waals surface area contributed by atoms with Crippen LogP contribution in [0.3, 0.4) is 0 Å². The molecule has 1 saturated heterocycles. The molecule has 1 aliphatic rings. The number of nitrogens with two attached hydrogens (primary N) is 1. The summed E-state index contributed by atoms with van der Waals surface area (Å²) in [5.41, 5.74) is 8.04. The van der Waals surface area contributed by atoms with Crippen LogP contribution in [0.25, 0.3) is 0 Å². The van der Waals surface area contributed by atoms with Crippen LogP contribution in [0.15, 0.2) is 18.2 Å². The average molecular weight is 248 g/mol. The number of aryl methyl sites for hydroxylation is 1. The van der Waals surface area contributed by atoms with Crippen molar-refractivity contribution in [2.45, 2.75) is 32.4 Å². The Bertz CT molecular complexity index is 457. The predicted molar refractivity (Wildman–Crippen MR) is 70.5 cm³/mol. The molecule has 0 spiro atoms. The van der Waals surface area contributed by atoms with Gasteiger partial charge in [-0.05, 0) is 19.9 Å². The number of carbonyl (C=O) groups excluding carboxylic acids is 1. The molecular weight excluding hydrogens is 228 g/mol. The molecule has 98 valence electrons. The number of nitrogens with zero attached hydrogens (tertiary/aromatic N) is 1. The minimum Gasteiger partial charge on any atom is -0.480 e.